The average Bonchev–Trinajstić information content (AvgIpc) is 3.28. The van der Waals surface area contributed by atoms with Crippen molar-refractivity contribution >= 4 is 17.5 Å². The van der Waals surface area contributed by atoms with Gasteiger partial charge in [-0.05, 0) is 69.7 Å². The van der Waals surface area contributed by atoms with E-state index in [1.165, 1.54) is 38.6 Å². The number of benzene rings is 1. The normalized spacial score (nSPS) is 28.6. The van der Waals surface area contributed by atoms with Crippen molar-refractivity contribution in [2.45, 2.75) is 56.6 Å². The Morgan fingerprint density at radius 1 is 1.18 bits per heavy atom. The van der Waals surface area contributed by atoms with Gasteiger partial charge in [0.05, 0.1) is 6.10 Å². The van der Waals surface area contributed by atoms with Crippen LogP contribution in [0.3, 0.4) is 0 Å². The molecule has 3 aliphatic heterocycles. The molecule has 0 saturated carbocycles. The smallest absolute Gasteiger partial charge is 0.260 e. The number of halogens is 1. The van der Waals surface area contributed by atoms with E-state index in [-0.39, 0.29) is 18.1 Å². The Labute approximate surface area is 172 Å². The van der Waals surface area contributed by atoms with Gasteiger partial charge in [0.25, 0.3) is 5.91 Å². The van der Waals surface area contributed by atoms with E-state index in [1.807, 2.05) is 17.0 Å². The highest BCUT2D eigenvalue weighted by molar-refractivity contribution is 6.30. The summed E-state index contributed by atoms with van der Waals surface area (Å²) in [6.45, 7) is 4.87. The van der Waals surface area contributed by atoms with Crippen LogP contribution < -0.4 is 4.74 Å². The SMILES string of the molecule is O=C(COc1cccc(Cl)c1)N1CCC[C@@]2(CCCN2C[C@@H]2CCCO2)CC1. The molecule has 0 N–H and O–H groups in total. The number of hydrogen-bond donors (Lipinski definition) is 0. The molecule has 2 atom stereocenters. The van der Waals surface area contributed by atoms with E-state index in [0.717, 1.165) is 39.1 Å². The van der Waals surface area contributed by atoms with Gasteiger partial charge < -0.3 is 14.4 Å². The van der Waals surface area contributed by atoms with Crippen LogP contribution in [0.4, 0.5) is 0 Å². The van der Waals surface area contributed by atoms with Gasteiger partial charge in [-0.1, -0.05) is 17.7 Å². The molecule has 6 heteroatoms. The lowest BCUT2D eigenvalue weighted by atomic mass is 9.87. The van der Waals surface area contributed by atoms with E-state index >= 15 is 0 Å². The molecular formula is C22H31ClN2O3. The maximum absolute atomic E-state index is 12.7. The minimum absolute atomic E-state index is 0.0701. The van der Waals surface area contributed by atoms with Crippen molar-refractivity contribution in [1.29, 1.82) is 0 Å². The Balaban J connectivity index is 1.31. The molecule has 1 aromatic rings. The Morgan fingerprint density at radius 3 is 2.82 bits per heavy atom. The van der Waals surface area contributed by atoms with Crippen LogP contribution in [0.5, 0.6) is 5.75 Å². The molecule has 1 aromatic carbocycles. The fourth-order valence-corrected chi connectivity index (χ4v) is 5.28. The summed E-state index contributed by atoms with van der Waals surface area (Å²) in [4.78, 5) is 17.4. The van der Waals surface area contributed by atoms with Gasteiger partial charge in [-0.2, -0.15) is 0 Å². The number of hydrogen-bond acceptors (Lipinski definition) is 4. The second kappa shape index (κ2) is 9.02. The zero-order valence-corrected chi connectivity index (χ0v) is 17.3. The van der Waals surface area contributed by atoms with Crippen molar-refractivity contribution in [3.63, 3.8) is 0 Å². The predicted octanol–water partition coefficient (Wildman–Crippen LogP) is 3.74. The molecule has 3 heterocycles. The largest absolute Gasteiger partial charge is 0.484 e. The average molecular weight is 407 g/mol. The summed E-state index contributed by atoms with van der Waals surface area (Å²) in [6.07, 6.45) is 8.60. The Kier molecular flexibility index (Phi) is 6.44. The summed E-state index contributed by atoms with van der Waals surface area (Å²) in [5.41, 5.74) is 0.259. The van der Waals surface area contributed by atoms with Crippen LogP contribution in [0.1, 0.15) is 44.9 Å². The summed E-state index contributed by atoms with van der Waals surface area (Å²) >= 11 is 5.99. The maximum Gasteiger partial charge on any atom is 0.260 e. The van der Waals surface area contributed by atoms with Crippen LogP contribution in [-0.2, 0) is 9.53 Å². The lowest BCUT2D eigenvalue weighted by molar-refractivity contribution is -0.133. The minimum atomic E-state index is 0.0701. The van der Waals surface area contributed by atoms with Crippen LogP contribution in [0.15, 0.2) is 24.3 Å². The van der Waals surface area contributed by atoms with Gasteiger partial charge in [-0.15, -0.1) is 0 Å². The number of likely N-dealkylation sites (tertiary alicyclic amines) is 2. The molecule has 0 aromatic heterocycles. The first kappa shape index (κ1) is 20.0. The van der Waals surface area contributed by atoms with Crippen LogP contribution >= 0.6 is 11.6 Å². The molecule has 5 nitrogen and oxygen atoms in total. The minimum Gasteiger partial charge on any atom is -0.484 e. The molecule has 3 fully saturated rings. The monoisotopic (exact) mass is 406 g/mol. The van der Waals surface area contributed by atoms with E-state index in [9.17, 15) is 4.79 Å². The van der Waals surface area contributed by atoms with Gasteiger partial charge >= 0.3 is 0 Å². The third-order valence-electron chi connectivity index (χ3n) is 6.62. The first-order valence-corrected chi connectivity index (χ1v) is 11.1. The fraction of sp³-hybridized carbons (Fsp3) is 0.682. The van der Waals surface area contributed by atoms with Gasteiger partial charge in [0.1, 0.15) is 5.75 Å². The molecule has 0 bridgehead atoms. The fourth-order valence-electron chi connectivity index (χ4n) is 5.10. The van der Waals surface area contributed by atoms with E-state index in [1.54, 1.807) is 12.1 Å². The summed E-state index contributed by atoms with van der Waals surface area (Å²) in [5.74, 6) is 0.714. The van der Waals surface area contributed by atoms with E-state index < -0.39 is 0 Å². The molecule has 0 aliphatic carbocycles. The number of nitrogens with zero attached hydrogens (tertiary/aromatic N) is 2. The third-order valence-corrected chi connectivity index (χ3v) is 6.85. The summed E-state index contributed by atoms with van der Waals surface area (Å²) in [5, 5.41) is 0.620. The zero-order chi connectivity index (χ0) is 19.4. The summed E-state index contributed by atoms with van der Waals surface area (Å²) in [6, 6.07) is 7.21. The van der Waals surface area contributed by atoms with Crippen molar-refractivity contribution in [3.05, 3.63) is 29.3 Å². The molecule has 4 rings (SSSR count). The van der Waals surface area contributed by atoms with E-state index in [2.05, 4.69) is 4.90 Å². The van der Waals surface area contributed by atoms with Crippen molar-refractivity contribution in [1.82, 2.24) is 9.80 Å². The molecule has 3 saturated heterocycles. The standard InChI is InChI=1S/C22H31ClN2O3/c23-18-5-1-6-19(15-18)28-17-21(26)24-11-3-8-22(10-13-24)9-4-12-25(22)16-20-7-2-14-27-20/h1,5-6,15,20H,2-4,7-14,16-17H2/t20-,22+/m0/s1. The van der Waals surface area contributed by atoms with Gasteiger partial charge in [0.2, 0.25) is 0 Å². The molecule has 0 radical (unpaired) electrons. The predicted molar refractivity (Wildman–Crippen MR) is 110 cm³/mol. The molecule has 0 unspecified atom stereocenters. The van der Waals surface area contributed by atoms with Gasteiger partial charge in [0, 0.05) is 36.8 Å². The molecule has 1 spiro atoms. The van der Waals surface area contributed by atoms with Crippen molar-refractivity contribution in [3.8, 4) is 5.75 Å². The van der Waals surface area contributed by atoms with Crippen molar-refractivity contribution in [2.24, 2.45) is 0 Å². The second-order valence-corrected chi connectivity index (χ2v) is 8.83. The second-order valence-electron chi connectivity index (χ2n) is 8.39. The van der Waals surface area contributed by atoms with Crippen molar-refractivity contribution in [2.75, 3.05) is 39.4 Å². The Morgan fingerprint density at radius 2 is 2.04 bits per heavy atom. The van der Waals surface area contributed by atoms with Crippen LogP contribution in [-0.4, -0.2) is 66.7 Å². The van der Waals surface area contributed by atoms with E-state index in [4.69, 9.17) is 21.1 Å². The summed E-state index contributed by atoms with van der Waals surface area (Å²) in [7, 11) is 0. The summed E-state index contributed by atoms with van der Waals surface area (Å²) < 4.78 is 11.6. The topological polar surface area (TPSA) is 42.0 Å². The van der Waals surface area contributed by atoms with Gasteiger partial charge in [0.15, 0.2) is 6.61 Å². The lowest BCUT2D eigenvalue weighted by Gasteiger charge is -2.39. The third kappa shape index (κ3) is 4.64. The maximum atomic E-state index is 12.7. The highest BCUT2D eigenvalue weighted by atomic mass is 35.5. The van der Waals surface area contributed by atoms with Gasteiger partial charge in [-0.3, -0.25) is 9.69 Å². The molecule has 1 amide bonds. The quantitative estimate of drug-likeness (QED) is 0.746. The molecule has 3 aliphatic rings. The number of rotatable bonds is 5. The van der Waals surface area contributed by atoms with Crippen LogP contribution in [0.2, 0.25) is 5.02 Å². The number of carbonyl (C=O) groups excluding carboxylic acids is 1. The molecular weight excluding hydrogens is 376 g/mol. The number of carbonyl (C=O) groups is 1. The van der Waals surface area contributed by atoms with Crippen LogP contribution in [0.25, 0.3) is 0 Å². The first-order chi connectivity index (χ1) is 13.6. The van der Waals surface area contributed by atoms with Crippen molar-refractivity contribution < 1.29 is 14.3 Å². The van der Waals surface area contributed by atoms with Gasteiger partial charge in [-0.25, -0.2) is 0 Å². The Bertz CT molecular complexity index is 680. The molecule has 28 heavy (non-hydrogen) atoms. The first-order valence-electron chi connectivity index (χ1n) is 10.7. The van der Waals surface area contributed by atoms with E-state index in [0.29, 0.717) is 16.9 Å². The highest BCUT2D eigenvalue weighted by Gasteiger charge is 2.43. The number of amides is 1. The number of ether oxygens (including phenoxy) is 2. The Hall–Kier alpha value is -1.30. The van der Waals surface area contributed by atoms with Crippen LogP contribution in [0, 0.1) is 0 Å². The highest BCUT2D eigenvalue weighted by Crippen LogP contribution is 2.39. The lowest BCUT2D eigenvalue weighted by Crippen LogP contribution is -2.48. The zero-order valence-electron chi connectivity index (χ0n) is 16.6. The molecule has 154 valence electrons.